The summed E-state index contributed by atoms with van der Waals surface area (Å²) in [4.78, 5) is 6.30. The van der Waals surface area contributed by atoms with Crippen LogP contribution >= 0.6 is 0 Å². The molecule has 0 spiro atoms. The largest absolute Gasteiger partial charge is 0.495 e. The summed E-state index contributed by atoms with van der Waals surface area (Å²) in [5.74, 6) is 0.0863. The molecule has 0 aromatic heterocycles. The Morgan fingerprint density at radius 1 is 1.12 bits per heavy atom. The molecule has 7 heteroatoms. The molecule has 0 heterocycles. The van der Waals surface area contributed by atoms with Gasteiger partial charge in [0.25, 0.3) is 10.1 Å². The zero-order valence-electron chi connectivity index (χ0n) is 14.5. The topological polar surface area (TPSA) is 79.2 Å². The van der Waals surface area contributed by atoms with Crippen molar-refractivity contribution in [2.45, 2.75) is 18.7 Å². The van der Waals surface area contributed by atoms with Crippen LogP contribution in [0.25, 0.3) is 0 Å². The summed E-state index contributed by atoms with van der Waals surface area (Å²) in [6.45, 7) is 6.07. The van der Waals surface area contributed by atoms with Crippen molar-refractivity contribution >= 4 is 27.7 Å². The molecule has 0 aliphatic rings. The monoisotopic (exact) mass is 362 g/mol. The van der Waals surface area contributed by atoms with E-state index in [0.717, 1.165) is 24.5 Å². The molecule has 0 bridgehead atoms. The lowest BCUT2D eigenvalue weighted by molar-refractivity contribution is 0.397. The van der Waals surface area contributed by atoms with Crippen LogP contribution in [-0.2, 0) is 10.1 Å². The standard InChI is InChI=1S/C18H22N2O4S/c1-4-20(5-2)16-9-7-15(8-10-16)19-13-14-6-11-17(24-3)18(12-14)25(21,22)23/h6-13H,4-5H2,1-3H3,(H,21,22,23). The quantitative estimate of drug-likeness (QED) is 0.602. The number of aliphatic imine (C=N–C) groups is 1. The minimum Gasteiger partial charge on any atom is -0.495 e. The number of anilines is 1. The highest BCUT2D eigenvalue weighted by Gasteiger charge is 2.16. The Hall–Kier alpha value is -2.38. The van der Waals surface area contributed by atoms with Gasteiger partial charge in [0.05, 0.1) is 12.8 Å². The summed E-state index contributed by atoms with van der Waals surface area (Å²) in [7, 11) is -3.02. The maximum absolute atomic E-state index is 11.4. The van der Waals surface area contributed by atoms with E-state index in [1.807, 2.05) is 24.3 Å². The number of methoxy groups -OCH3 is 1. The van der Waals surface area contributed by atoms with Crippen LogP contribution in [0.5, 0.6) is 5.75 Å². The third-order valence-electron chi connectivity index (χ3n) is 3.81. The first kappa shape index (κ1) is 19.0. The lowest BCUT2D eigenvalue weighted by atomic mass is 10.2. The van der Waals surface area contributed by atoms with E-state index in [9.17, 15) is 13.0 Å². The van der Waals surface area contributed by atoms with E-state index in [4.69, 9.17) is 4.74 Å². The van der Waals surface area contributed by atoms with Crippen LogP contribution in [0.3, 0.4) is 0 Å². The molecule has 2 rings (SSSR count). The van der Waals surface area contributed by atoms with E-state index >= 15 is 0 Å². The molecular weight excluding hydrogens is 340 g/mol. The highest BCUT2D eigenvalue weighted by atomic mass is 32.2. The van der Waals surface area contributed by atoms with Gasteiger partial charge in [0.1, 0.15) is 10.6 Å². The molecule has 6 nitrogen and oxygen atoms in total. The minimum absolute atomic E-state index is 0.0863. The molecule has 0 aliphatic carbocycles. The molecule has 1 N–H and O–H groups in total. The van der Waals surface area contributed by atoms with Crippen LogP contribution in [-0.4, -0.2) is 39.4 Å². The molecule has 0 aliphatic heterocycles. The zero-order valence-corrected chi connectivity index (χ0v) is 15.3. The van der Waals surface area contributed by atoms with Crippen LogP contribution in [0, 0.1) is 0 Å². The Morgan fingerprint density at radius 2 is 1.76 bits per heavy atom. The second-order valence-electron chi connectivity index (χ2n) is 5.33. The number of hydrogen-bond acceptors (Lipinski definition) is 5. The lowest BCUT2D eigenvalue weighted by Gasteiger charge is -2.20. The van der Waals surface area contributed by atoms with Gasteiger partial charge in [0.15, 0.2) is 0 Å². The van der Waals surface area contributed by atoms with Crippen molar-refractivity contribution in [1.29, 1.82) is 0 Å². The molecule has 0 saturated carbocycles. The maximum Gasteiger partial charge on any atom is 0.298 e. The second kappa shape index (κ2) is 8.13. The highest BCUT2D eigenvalue weighted by Crippen LogP contribution is 2.25. The van der Waals surface area contributed by atoms with Gasteiger partial charge in [-0.15, -0.1) is 0 Å². The molecule has 0 fully saturated rings. The van der Waals surface area contributed by atoms with E-state index in [1.54, 1.807) is 12.3 Å². The van der Waals surface area contributed by atoms with Gasteiger partial charge in [0.2, 0.25) is 0 Å². The Kier molecular flexibility index (Phi) is 6.17. The van der Waals surface area contributed by atoms with Crippen LogP contribution in [0.4, 0.5) is 11.4 Å². The Labute approximate surface area is 148 Å². The fourth-order valence-electron chi connectivity index (χ4n) is 2.46. The summed E-state index contributed by atoms with van der Waals surface area (Å²) < 4.78 is 37.1. The van der Waals surface area contributed by atoms with E-state index in [-0.39, 0.29) is 10.6 Å². The van der Waals surface area contributed by atoms with E-state index in [1.165, 1.54) is 19.2 Å². The summed E-state index contributed by atoms with van der Waals surface area (Å²) in [5, 5.41) is 0. The summed E-state index contributed by atoms with van der Waals surface area (Å²) in [6, 6.07) is 12.3. The van der Waals surface area contributed by atoms with Crippen molar-refractivity contribution in [3.05, 3.63) is 48.0 Å². The van der Waals surface area contributed by atoms with Crippen molar-refractivity contribution in [3.8, 4) is 5.75 Å². The second-order valence-corrected chi connectivity index (χ2v) is 6.72. The minimum atomic E-state index is -4.36. The first-order valence-electron chi connectivity index (χ1n) is 7.93. The van der Waals surface area contributed by atoms with Gasteiger partial charge in [0, 0.05) is 25.0 Å². The third-order valence-corrected chi connectivity index (χ3v) is 4.68. The number of nitrogens with zero attached hydrogens (tertiary/aromatic N) is 2. The van der Waals surface area contributed by atoms with Gasteiger partial charge in [-0.2, -0.15) is 8.42 Å². The van der Waals surface area contributed by atoms with Gasteiger partial charge < -0.3 is 9.64 Å². The number of rotatable bonds is 7. The first-order chi connectivity index (χ1) is 11.9. The average Bonchev–Trinajstić information content (AvgIpc) is 2.61. The molecule has 0 saturated heterocycles. The molecule has 2 aromatic carbocycles. The SMILES string of the molecule is CCN(CC)c1ccc(N=Cc2ccc(OC)c(S(=O)(=O)O)c2)cc1. The summed E-state index contributed by atoms with van der Waals surface area (Å²) in [6.07, 6.45) is 1.54. The fraction of sp³-hybridized carbons (Fsp3) is 0.278. The smallest absolute Gasteiger partial charge is 0.298 e. The number of benzene rings is 2. The Bertz CT molecular complexity index is 842. The number of ether oxygens (including phenoxy) is 1. The Balaban J connectivity index is 2.25. The average molecular weight is 362 g/mol. The van der Waals surface area contributed by atoms with E-state index < -0.39 is 10.1 Å². The van der Waals surface area contributed by atoms with Gasteiger partial charge in [-0.25, -0.2) is 0 Å². The molecule has 0 unspecified atom stereocenters. The Morgan fingerprint density at radius 3 is 2.28 bits per heavy atom. The van der Waals surface area contributed by atoms with E-state index in [2.05, 4.69) is 23.7 Å². The molecule has 134 valence electrons. The van der Waals surface area contributed by atoms with Gasteiger partial charge in [-0.3, -0.25) is 9.55 Å². The van der Waals surface area contributed by atoms with Gasteiger partial charge >= 0.3 is 0 Å². The van der Waals surface area contributed by atoms with Crippen LogP contribution in [0.1, 0.15) is 19.4 Å². The predicted molar refractivity (Wildman–Crippen MR) is 100 cm³/mol. The van der Waals surface area contributed by atoms with Crippen molar-refractivity contribution in [2.75, 3.05) is 25.1 Å². The maximum atomic E-state index is 11.4. The van der Waals surface area contributed by atoms with Crippen LogP contribution in [0.15, 0.2) is 52.4 Å². The molecule has 0 atom stereocenters. The van der Waals surface area contributed by atoms with E-state index in [0.29, 0.717) is 5.56 Å². The molecule has 25 heavy (non-hydrogen) atoms. The van der Waals surface area contributed by atoms with Crippen molar-refractivity contribution in [2.24, 2.45) is 4.99 Å². The summed E-state index contributed by atoms with van der Waals surface area (Å²) in [5.41, 5.74) is 2.42. The number of hydrogen-bond donors (Lipinski definition) is 1. The molecular formula is C18H22N2O4S. The van der Waals surface area contributed by atoms with Crippen LogP contribution in [0.2, 0.25) is 0 Å². The molecule has 0 amide bonds. The highest BCUT2D eigenvalue weighted by molar-refractivity contribution is 7.86. The lowest BCUT2D eigenvalue weighted by Crippen LogP contribution is -2.21. The van der Waals surface area contributed by atoms with Crippen LogP contribution < -0.4 is 9.64 Å². The predicted octanol–water partition coefficient (Wildman–Crippen LogP) is 3.54. The van der Waals surface area contributed by atoms with Gasteiger partial charge in [-0.1, -0.05) is 0 Å². The normalized spacial score (nSPS) is 11.7. The first-order valence-corrected chi connectivity index (χ1v) is 9.37. The van der Waals surface area contributed by atoms with Crippen molar-refractivity contribution in [1.82, 2.24) is 0 Å². The molecule has 0 radical (unpaired) electrons. The summed E-state index contributed by atoms with van der Waals surface area (Å²) >= 11 is 0. The molecule has 2 aromatic rings. The van der Waals surface area contributed by atoms with Gasteiger partial charge in [-0.05, 0) is 61.9 Å². The fourth-order valence-corrected chi connectivity index (χ4v) is 3.15. The third kappa shape index (κ3) is 4.80. The van der Waals surface area contributed by atoms with Crippen molar-refractivity contribution < 1.29 is 17.7 Å². The zero-order chi connectivity index (χ0) is 18.4. The van der Waals surface area contributed by atoms with Crippen molar-refractivity contribution in [3.63, 3.8) is 0 Å².